The smallest absolute Gasteiger partial charge is 0.227 e. The van der Waals surface area contributed by atoms with Gasteiger partial charge in [0, 0.05) is 19.0 Å². The molecule has 1 heterocycles. The molecule has 8 heteroatoms. The first-order valence-electron chi connectivity index (χ1n) is 9.63. The van der Waals surface area contributed by atoms with Crippen LogP contribution in [0.25, 0.3) is 0 Å². The standard InChI is InChI=1S/C22H26N2O6/c1-27-16-8-9-17(20(13-16)29-3)24-14-15(12-21(24)25)22(26)23-10-11-30-19-7-5-4-6-18(19)28-2/h4-9,13,15H,10-12,14H2,1-3H3,(H,23,26). The van der Waals surface area contributed by atoms with E-state index in [0.29, 0.717) is 48.4 Å². The summed E-state index contributed by atoms with van der Waals surface area (Å²) in [7, 11) is 4.67. The number of amides is 2. The van der Waals surface area contributed by atoms with Crippen LogP contribution >= 0.6 is 0 Å². The number of nitrogens with zero attached hydrogens (tertiary/aromatic N) is 1. The van der Waals surface area contributed by atoms with Crippen molar-refractivity contribution in [3.05, 3.63) is 42.5 Å². The van der Waals surface area contributed by atoms with E-state index in [9.17, 15) is 9.59 Å². The average molecular weight is 414 g/mol. The summed E-state index contributed by atoms with van der Waals surface area (Å²) < 4.78 is 21.5. The molecular formula is C22H26N2O6. The van der Waals surface area contributed by atoms with Crippen LogP contribution in [0.15, 0.2) is 42.5 Å². The Morgan fingerprint density at radius 3 is 2.47 bits per heavy atom. The van der Waals surface area contributed by atoms with Crippen molar-refractivity contribution in [1.82, 2.24) is 5.32 Å². The van der Waals surface area contributed by atoms with E-state index in [1.54, 1.807) is 49.5 Å². The number of nitrogens with one attached hydrogen (secondary N) is 1. The molecule has 160 valence electrons. The fourth-order valence-electron chi connectivity index (χ4n) is 3.34. The maximum atomic E-state index is 12.5. The molecule has 30 heavy (non-hydrogen) atoms. The minimum absolute atomic E-state index is 0.121. The number of rotatable bonds is 9. The molecule has 2 amide bonds. The first-order valence-corrected chi connectivity index (χ1v) is 9.63. The summed E-state index contributed by atoms with van der Waals surface area (Å²) in [5, 5.41) is 2.84. The van der Waals surface area contributed by atoms with Crippen LogP contribution < -0.4 is 29.2 Å². The zero-order valence-electron chi connectivity index (χ0n) is 17.3. The Kier molecular flexibility index (Phi) is 7.00. The van der Waals surface area contributed by atoms with E-state index in [2.05, 4.69) is 5.32 Å². The summed E-state index contributed by atoms with van der Waals surface area (Å²) in [5.74, 6) is 1.67. The molecule has 0 bridgehead atoms. The van der Waals surface area contributed by atoms with Gasteiger partial charge in [-0.05, 0) is 24.3 Å². The molecule has 0 aliphatic carbocycles. The van der Waals surface area contributed by atoms with E-state index in [1.807, 2.05) is 12.1 Å². The second-order valence-electron chi connectivity index (χ2n) is 6.73. The number of anilines is 1. The summed E-state index contributed by atoms with van der Waals surface area (Å²) in [6, 6.07) is 12.5. The third-order valence-electron chi connectivity index (χ3n) is 4.90. The SMILES string of the molecule is COc1ccc(N2CC(C(=O)NCCOc3ccccc3OC)CC2=O)c(OC)c1. The van der Waals surface area contributed by atoms with Crippen LogP contribution in [-0.2, 0) is 9.59 Å². The Bertz CT molecular complexity index is 901. The second kappa shape index (κ2) is 9.87. The van der Waals surface area contributed by atoms with E-state index in [4.69, 9.17) is 18.9 Å². The number of benzene rings is 2. The first-order chi connectivity index (χ1) is 14.6. The van der Waals surface area contributed by atoms with Gasteiger partial charge in [-0.25, -0.2) is 0 Å². The Labute approximate surface area is 175 Å². The lowest BCUT2D eigenvalue weighted by Gasteiger charge is -2.20. The van der Waals surface area contributed by atoms with Gasteiger partial charge in [0.05, 0.1) is 39.5 Å². The molecular weight excluding hydrogens is 388 g/mol. The number of hydrogen-bond acceptors (Lipinski definition) is 6. The fraction of sp³-hybridized carbons (Fsp3) is 0.364. The second-order valence-corrected chi connectivity index (χ2v) is 6.73. The van der Waals surface area contributed by atoms with Gasteiger partial charge in [0.1, 0.15) is 18.1 Å². The highest BCUT2D eigenvalue weighted by molar-refractivity contribution is 6.01. The number of carbonyl (C=O) groups is 2. The lowest BCUT2D eigenvalue weighted by molar-refractivity contribution is -0.126. The molecule has 0 spiro atoms. The number of para-hydroxylation sites is 2. The van der Waals surface area contributed by atoms with Crippen LogP contribution in [0.1, 0.15) is 6.42 Å². The summed E-state index contributed by atoms with van der Waals surface area (Å²) >= 11 is 0. The Hall–Kier alpha value is -3.42. The van der Waals surface area contributed by atoms with Crippen LogP contribution in [0.2, 0.25) is 0 Å². The van der Waals surface area contributed by atoms with Gasteiger partial charge >= 0.3 is 0 Å². The van der Waals surface area contributed by atoms with E-state index in [-0.39, 0.29) is 18.2 Å². The third kappa shape index (κ3) is 4.76. The number of ether oxygens (including phenoxy) is 4. The summed E-state index contributed by atoms with van der Waals surface area (Å²) in [5.41, 5.74) is 0.623. The van der Waals surface area contributed by atoms with Crippen LogP contribution in [-0.4, -0.2) is 52.8 Å². The third-order valence-corrected chi connectivity index (χ3v) is 4.90. The van der Waals surface area contributed by atoms with Crippen molar-refractivity contribution in [2.75, 3.05) is 45.9 Å². The number of hydrogen-bond donors (Lipinski definition) is 1. The number of carbonyl (C=O) groups excluding carboxylic acids is 2. The van der Waals surface area contributed by atoms with Crippen molar-refractivity contribution in [3.8, 4) is 23.0 Å². The lowest BCUT2D eigenvalue weighted by Crippen LogP contribution is -2.35. The van der Waals surface area contributed by atoms with E-state index >= 15 is 0 Å². The van der Waals surface area contributed by atoms with Gasteiger partial charge in [0.2, 0.25) is 11.8 Å². The highest BCUT2D eigenvalue weighted by Crippen LogP contribution is 2.35. The van der Waals surface area contributed by atoms with Gasteiger partial charge < -0.3 is 29.2 Å². The molecule has 2 aromatic carbocycles. The first kappa shape index (κ1) is 21.3. The van der Waals surface area contributed by atoms with Gasteiger partial charge in [-0.3, -0.25) is 9.59 Å². The van der Waals surface area contributed by atoms with Gasteiger partial charge in [-0.15, -0.1) is 0 Å². The zero-order chi connectivity index (χ0) is 21.5. The monoisotopic (exact) mass is 414 g/mol. The Balaban J connectivity index is 1.54. The molecule has 3 rings (SSSR count). The predicted molar refractivity (Wildman–Crippen MR) is 112 cm³/mol. The van der Waals surface area contributed by atoms with Gasteiger partial charge in [-0.2, -0.15) is 0 Å². The largest absolute Gasteiger partial charge is 0.497 e. The predicted octanol–water partition coefficient (Wildman–Crippen LogP) is 2.26. The van der Waals surface area contributed by atoms with Crippen molar-refractivity contribution < 1.29 is 28.5 Å². The van der Waals surface area contributed by atoms with Crippen molar-refractivity contribution in [1.29, 1.82) is 0 Å². The quantitative estimate of drug-likeness (QED) is 0.634. The van der Waals surface area contributed by atoms with Crippen LogP contribution in [0, 0.1) is 5.92 Å². The molecule has 0 radical (unpaired) electrons. The topological polar surface area (TPSA) is 86.3 Å². The molecule has 1 saturated heterocycles. The molecule has 0 aromatic heterocycles. The van der Waals surface area contributed by atoms with E-state index in [0.717, 1.165) is 0 Å². The van der Waals surface area contributed by atoms with Crippen LogP contribution in [0.3, 0.4) is 0 Å². The molecule has 1 fully saturated rings. The molecule has 1 unspecified atom stereocenters. The summed E-state index contributed by atoms with van der Waals surface area (Å²) in [4.78, 5) is 26.6. The Morgan fingerprint density at radius 2 is 1.77 bits per heavy atom. The van der Waals surface area contributed by atoms with Crippen LogP contribution in [0.5, 0.6) is 23.0 Å². The lowest BCUT2D eigenvalue weighted by atomic mass is 10.1. The van der Waals surface area contributed by atoms with Crippen molar-refractivity contribution in [2.24, 2.45) is 5.92 Å². The molecule has 1 aliphatic rings. The van der Waals surface area contributed by atoms with Crippen molar-refractivity contribution >= 4 is 17.5 Å². The normalized spacial score (nSPS) is 15.6. The van der Waals surface area contributed by atoms with E-state index < -0.39 is 5.92 Å². The maximum absolute atomic E-state index is 12.5. The average Bonchev–Trinajstić information content (AvgIpc) is 3.17. The van der Waals surface area contributed by atoms with Gasteiger partial charge in [-0.1, -0.05) is 12.1 Å². The Morgan fingerprint density at radius 1 is 1.03 bits per heavy atom. The number of methoxy groups -OCH3 is 3. The summed E-state index contributed by atoms with van der Waals surface area (Å²) in [6.45, 7) is 0.914. The molecule has 0 saturated carbocycles. The maximum Gasteiger partial charge on any atom is 0.227 e. The molecule has 1 atom stereocenters. The van der Waals surface area contributed by atoms with Crippen molar-refractivity contribution in [3.63, 3.8) is 0 Å². The van der Waals surface area contributed by atoms with Gasteiger partial charge in [0.25, 0.3) is 0 Å². The fourth-order valence-corrected chi connectivity index (χ4v) is 3.34. The highest BCUT2D eigenvalue weighted by atomic mass is 16.5. The van der Waals surface area contributed by atoms with Crippen LogP contribution in [0.4, 0.5) is 5.69 Å². The molecule has 2 aromatic rings. The molecule has 1 N–H and O–H groups in total. The minimum atomic E-state index is -0.435. The molecule has 8 nitrogen and oxygen atoms in total. The van der Waals surface area contributed by atoms with Gasteiger partial charge in [0.15, 0.2) is 11.5 Å². The highest BCUT2D eigenvalue weighted by Gasteiger charge is 2.36. The molecule has 1 aliphatic heterocycles. The van der Waals surface area contributed by atoms with Crippen molar-refractivity contribution in [2.45, 2.75) is 6.42 Å². The minimum Gasteiger partial charge on any atom is -0.497 e. The summed E-state index contributed by atoms with van der Waals surface area (Å²) in [6.07, 6.45) is 0.147. The van der Waals surface area contributed by atoms with E-state index in [1.165, 1.54) is 7.11 Å². The zero-order valence-corrected chi connectivity index (χ0v) is 17.3.